The van der Waals surface area contributed by atoms with Crippen LogP contribution in [-0.2, 0) is 11.2 Å². The van der Waals surface area contributed by atoms with Gasteiger partial charge in [0.2, 0.25) is 0 Å². The van der Waals surface area contributed by atoms with Crippen molar-refractivity contribution < 1.29 is 15.0 Å². The van der Waals surface area contributed by atoms with Crippen molar-refractivity contribution >= 4 is 16.9 Å². The first-order valence-corrected chi connectivity index (χ1v) is 8.75. The average molecular weight is 330 g/mol. The lowest BCUT2D eigenvalue weighted by molar-refractivity contribution is -0.164. The predicted octanol–water partition coefficient (Wildman–Crippen LogP) is 2.65. The predicted molar refractivity (Wildman–Crippen MR) is 94.0 cm³/mol. The molecule has 3 N–H and O–H groups in total. The number of carboxylic acids is 1. The Morgan fingerprint density at radius 2 is 2.21 bits per heavy atom. The Labute approximate surface area is 142 Å². The summed E-state index contributed by atoms with van der Waals surface area (Å²) >= 11 is 0. The van der Waals surface area contributed by atoms with Crippen LogP contribution in [-0.4, -0.2) is 51.8 Å². The normalized spacial score (nSPS) is 25.2. The number of piperidine rings is 1. The monoisotopic (exact) mass is 330 g/mol. The summed E-state index contributed by atoms with van der Waals surface area (Å²) in [6.45, 7) is 3.97. The summed E-state index contributed by atoms with van der Waals surface area (Å²) in [7, 11) is 0. The van der Waals surface area contributed by atoms with Crippen molar-refractivity contribution in [3.05, 3.63) is 36.0 Å². The van der Waals surface area contributed by atoms with Gasteiger partial charge >= 0.3 is 5.97 Å². The smallest absolute Gasteiger partial charge is 0.313 e. The van der Waals surface area contributed by atoms with Crippen LogP contribution in [0.15, 0.2) is 30.5 Å². The molecule has 5 heteroatoms. The number of fused-ring (bicyclic) bond motifs is 1. The fourth-order valence-electron chi connectivity index (χ4n) is 3.98. The second-order valence-electron chi connectivity index (χ2n) is 6.90. The highest BCUT2D eigenvalue weighted by Crippen LogP contribution is 2.35. The molecule has 1 aliphatic rings. The highest BCUT2D eigenvalue weighted by molar-refractivity contribution is 5.83. The molecule has 2 atom stereocenters. The molecule has 5 nitrogen and oxygen atoms in total. The zero-order valence-electron chi connectivity index (χ0n) is 14.2. The van der Waals surface area contributed by atoms with E-state index in [9.17, 15) is 15.0 Å². The summed E-state index contributed by atoms with van der Waals surface area (Å²) in [5.74, 6) is -0.867. The van der Waals surface area contributed by atoms with Gasteiger partial charge < -0.3 is 20.1 Å². The molecular formula is C19H26N2O3. The fourth-order valence-corrected chi connectivity index (χ4v) is 3.98. The number of aliphatic hydroxyl groups excluding tert-OH is 1. The number of rotatable bonds is 6. The number of para-hydroxylation sites is 1. The number of carbonyl (C=O) groups is 1. The first-order valence-electron chi connectivity index (χ1n) is 8.75. The van der Waals surface area contributed by atoms with Crippen LogP contribution in [0.2, 0.25) is 0 Å². The van der Waals surface area contributed by atoms with E-state index in [0.717, 1.165) is 31.4 Å². The van der Waals surface area contributed by atoms with Crippen molar-refractivity contribution in [2.75, 3.05) is 19.6 Å². The number of aromatic amines is 1. The fraction of sp³-hybridized carbons (Fsp3) is 0.526. The quantitative estimate of drug-likeness (QED) is 0.761. The number of aliphatic hydroxyl groups is 1. The zero-order valence-corrected chi connectivity index (χ0v) is 14.2. The van der Waals surface area contributed by atoms with Gasteiger partial charge in [-0.1, -0.05) is 31.5 Å². The second kappa shape index (κ2) is 6.95. The number of hydrogen-bond donors (Lipinski definition) is 3. The van der Waals surface area contributed by atoms with Crippen LogP contribution in [0.5, 0.6) is 0 Å². The number of H-pyrrole nitrogens is 1. The molecule has 1 aromatic heterocycles. The second-order valence-corrected chi connectivity index (χ2v) is 6.90. The highest BCUT2D eigenvalue weighted by Gasteiger charge is 2.48. The van der Waals surface area contributed by atoms with E-state index < -0.39 is 17.5 Å². The average Bonchev–Trinajstić information content (AvgIpc) is 2.99. The molecule has 0 saturated carbocycles. The SMILES string of the molecule is CCC[C@]1(C(=O)O)CN(CCc2c[nH]c3ccccc23)CC[C@H]1O. The molecule has 0 bridgehead atoms. The molecule has 130 valence electrons. The van der Waals surface area contributed by atoms with Crippen LogP contribution >= 0.6 is 0 Å². The number of hydrogen-bond acceptors (Lipinski definition) is 3. The maximum atomic E-state index is 11.8. The van der Waals surface area contributed by atoms with Gasteiger partial charge in [0.05, 0.1) is 6.10 Å². The van der Waals surface area contributed by atoms with Crippen molar-refractivity contribution in [3.8, 4) is 0 Å². The van der Waals surface area contributed by atoms with Crippen LogP contribution in [0.1, 0.15) is 31.7 Å². The van der Waals surface area contributed by atoms with Gasteiger partial charge in [0.25, 0.3) is 0 Å². The highest BCUT2D eigenvalue weighted by atomic mass is 16.4. The van der Waals surface area contributed by atoms with E-state index in [1.807, 2.05) is 25.3 Å². The molecule has 0 spiro atoms. The molecule has 2 heterocycles. The maximum Gasteiger partial charge on any atom is 0.313 e. The number of carboxylic acid groups (broad SMARTS) is 1. The van der Waals surface area contributed by atoms with Gasteiger partial charge in [0, 0.05) is 36.7 Å². The van der Waals surface area contributed by atoms with Gasteiger partial charge in [0.1, 0.15) is 5.41 Å². The third-order valence-electron chi connectivity index (χ3n) is 5.36. The van der Waals surface area contributed by atoms with Gasteiger partial charge in [-0.25, -0.2) is 0 Å². The van der Waals surface area contributed by atoms with Gasteiger partial charge in [-0.3, -0.25) is 4.79 Å². The standard InChI is InChI=1S/C19H26N2O3/c1-2-9-19(18(23)24)13-21(11-8-17(19)22)10-7-14-12-20-16-6-4-3-5-15(14)16/h3-6,12,17,20,22H,2,7-11,13H2,1H3,(H,23,24)/t17-,19+/m1/s1. The van der Waals surface area contributed by atoms with Crippen molar-refractivity contribution in [3.63, 3.8) is 0 Å². The van der Waals surface area contributed by atoms with Gasteiger partial charge in [-0.15, -0.1) is 0 Å². The Morgan fingerprint density at radius 1 is 1.42 bits per heavy atom. The number of aromatic nitrogens is 1. The third kappa shape index (κ3) is 3.06. The molecule has 2 aromatic rings. The zero-order chi connectivity index (χ0) is 17.2. The largest absolute Gasteiger partial charge is 0.481 e. The van der Waals surface area contributed by atoms with E-state index in [-0.39, 0.29) is 0 Å². The topological polar surface area (TPSA) is 76.6 Å². The summed E-state index contributed by atoms with van der Waals surface area (Å²) < 4.78 is 0. The van der Waals surface area contributed by atoms with Crippen LogP contribution < -0.4 is 0 Å². The maximum absolute atomic E-state index is 11.8. The molecule has 0 radical (unpaired) electrons. The minimum absolute atomic E-state index is 0.430. The molecule has 3 rings (SSSR count). The number of nitrogens with zero attached hydrogens (tertiary/aromatic N) is 1. The molecule has 0 aliphatic carbocycles. The van der Waals surface area contributed by atoms with E-state index in [0.29, 0.717) is 19.4 Å². The molecule has 24 heavy (non-hydrogen) atoms. The number of likely N-dealkylation sites (tertiary alicyclic amines) is 1. The third-order valence-corrected chi connectivity index (χ3v) is 5.36. The van der Waals surface area contributed by atoms with Crippen LogP contribution in [0.3, 0.4) is 0 Å². The molecule has 0 amide bonds. The summed E-state index contributed by atoms with van der Waals surface area (Å²) in [6.07, 6.45) is 3.98. The molecule has 1 fully saturated rings. The lowest BCUT2D eigenvalue weighted by atomic mass is 9.74. The Hall–Kier alpha value is -1.85. The Bertz CT molecular complexity index is 711. The van der Waals surface area contributed by atoms with Gasteiger partial charge in [-0.2, -0.15) is 0 Å². The number of nitrogens with one attached hydrogen (secondary N) is 1. The van der Waals surface area contributed by atoms with Crippen molar-refractivity contribution in [2.45, 2.75) is 38.7 Å². The number of benzene rings is 1. The summed E-state index contributed by atoms with van der Waals surface area (Å²) in [4.78, 5) is 17.3. The molecular weight excluding hydrogens is 304 g/mol. The van der Waals surface area contributed by atoms with Crippen molar-refractivity contribution in [1.29, 1.82) is 0 Å². The van der Waals surface area contributed by atoms with E-state index >= 15 is 0 Å². The minimum atomic E-state index is -1.02. The first kappa shape index (κ1) is 17.0. The first-order chi connectivity index (χ1) is 11.6. The number of aliphatic carboxylic acids is 1. The van der Waals surface area contributed by atoms with Crippen molar-refractivity contribution in [1.82, 2.24) is 9.88 Å². The van der Waals surface area contributed by atoms with E-state index in [4.69, 9.17) is 0 Å². The summed E-state index contributed by atoms with van der Waals surface area (Å²) in [5, 5.41) is 21.3. The van der Waals surface area contributed by atoms with Gasteiger partial charge in [-0.05, 0) is 30.9 Å². The minimum Gasteiger partial charge on any atom is -0.481 e. The van der Waals surface area contributed by atoms with E-state index in [1.54, 1.807) is 0 Å². The van der Waals surface area contributed by atoms with Gasteiger partial charge in [0.15, 0.2) is 0 Å². The summed E-state index contributed by atoms with van der Waals surface area (Å²) in [5.41, 5.74) is 1.37. The van der Waals surface area contributed by atoms with Crippen LogP contribution in [0.4, 0.5) is 0 Å². The van der Waals surface area contributed by atoms with E-state index in [1.165, 1.54) is 10.9 Å². The lowest BCUT2D eigenvalue weighted by Gasteiger charge is -2.43. The molecule has 1 saturated heterocycles. The Morgan fingerprint density at radius 3 is 2.96 bits per heavy atom. The van der Waals surface area contributed by atoms with Crippen molar-refractivity contribution in [2.24, 2.45) is 5.41 Å². The molecule has 0 unspecified atom stereocenters. The Balaban J connectivity index is 1.70. The summed E-state index contributed by atoms with van der Waals surface area (Å²) in [6, 6.07) is 8.22. The molecule has 1 aromatic carbocycles. The Kier molecular flexibility index (Phi) is 4.92. The lowest BCUT2D eigenvalue weighted by Crippen LogP contribution is -2.56. The molecule has 1 aliphatic heterocycles. The van der Waals surface area contributed by atoms with Crippen LogP contribution in [0, 0.1) is 5.41 Å². The van der Waals surface area contributed by atoms with E-state index in [2.05, 4.69) is 22.0 Å². The van der Waals surface area contributed by atoms with Crippen LogP contribution in [0.25, 0.3) is 10.9 Å².